The van der Waals surface area contributed by atoms with Crippen LogP contribution >= 0.6 is 0 Å². The van der Waals surface area contributed by atoms with Gasteiger partial charge in [-0.25, -0.2) is 4.68 Å². The predicted octanol–water partition coefficient (Wildman–Crippen LogP) is 2.89. The van der Waals surface area contributed by atoms with Crippen LogP contribution in [-0.4, -0.2) is 9.78 Å². The van der Waals surface area contributed by atoms with Gasteiger partial charge in [0.25, 0.3) is 0 Å². The van der Waals surface area contributed by atoms with Crippen LogP contribution in [0.15, 0.2) is 42.6 Å². The summed E-state index contributed by atoms with van der Waals surface area (Å²) in [6, 6.07) is -1.47. The first-order valence-electron chi connectivity index (χ1n) is 6.77. The van der Waals surface area contributed by atoms with Gasteiger partial charge in [0, 0.05) is 6.17 Å². The molecule has 15 heavy (non-hydrogen) atoms. The van der Waals surface area contributed by atoms with E-state index in [0.717, 1.165) is 6.07 Å². The van der Waals surface area contributed by atoms with Gasteiger partial charge in [-0.15, -0.1) is 0 Å². The van der Waals surface area contributed by atoms with Crippen molar-refractivity contribution in [1.29, 1.82) is 0 Å². The van der Waals surface area contributed by atoms with Crippen LogP contribution in [0.4, 0.5) is 13.2 Å². The van der Waals surface area contributed by atoms with E-state index < -0.39 is 53.9 Å². The fourth-order valence-electron chi connectivity index (χ4n) is 0.883. The summed E-state index contributed by atoms with van der Waals surface area (Å²) >= 11 is 0. The van der Waals surface area contributed by atoms with Gasteiger partial charge in [0.2, 0.25) is 0 Å². The van der Waals surface area contributed by atoms with Crippen molar-refractivity contribution in [1.82, 2.24) is 9.78 Å². The highest BCUT2D eigenvalue weighted by atomic mass is 19.4. The Hall–Kier alpha value is -1.78. The summed E-state index contributed by atoms with van der Waals surface area (Å²) in [6.45, 7) is 0. The second-order valence-corrected chi connectivity index (χ2v) is 2.56. The summed E-state index contributed by atoms with van der Waals surface area (Å²) < 4.78 is 83.1. The molecule has 2 rings (SSSR count). The molecule has 0 atom stereocenters. The molecular weight excluding hydrogens is 205 g/mol. The minimum absolute atomic E-state index is 0.378. The molecule has 0 spiro atoms. The molecule has 0 radical (unpaired) electrons. The van der Waals surface area contributed by atoms with Crippen molar-refractivity contribution in [2.45, 2.75) is 6.18 Å². The third kappa shape index (κ3) is 2.01. The van der Waals surface area contributed by atoms with E-state index in [1.54, 1.807) is 0 Å². The smallest absolute Gasteiger partial charge is 0.240 e. The summed E-state index contributed by atoms with van der Waals surface area (Å²) in [6.07, 6.45) is -7.28. The Balaban J connectivity index is 2.76. The summed E-state index contributed by atoms with van der Waals surface area (Å²) in [7, 11) is 0. The summed E-state index contributed by atoms with van der Waals surface area (Å²) in [5.41, 5.74) is -1.98. The lowest BCUT2D eigenvalue weighted by molar-refractivity contribution is -0.137. The molecule has 1 heterocycles. The summed E-state index contributed by atoms with van der Waals surface area (Å²) in [5, 5.41) is 3.25. The van der Waals surface area contributed by atoms with Gasteiger partial charge in [-0.1, -0.05) is 18.1 Å². The van der Waals surface area contributed by atoms with Crippen LogP contribution in [0.1, 0.15) is 13.8 Å². The molecule has 0 saturated heterocycles. The SMILES string of the molecule is [2H]c1cc(-n2nc([2H])c(C(F)(F)F)c2[2H])c([2H])c([2H])c1[2H]. The number of para-hydroxylation sites is 1. The van der Waals surface area contributed by atoms with E-state index >= 15 is 0 Å². The maximum Gasteiger partial charge on any atom is 0.419 e. The molecule has 5 heteroatoms. The van der Waals surface area contributed by atoms with Crippen LogP contribution in [-0.2, 0) is 6.18 Å². The number of hydrogen-bond donors (Lipinski definition) is 0. The zero-order valence-electron chi connectivity index (χ0n) is 13.1. The molecule has 0 aliphatic carbocycles. The van der Waals surface area contributed by atoms with Gasteiger partial charge in [-0.3, -0.25) is 0 Å². The molecule has 1 aromatic heterocycles. The van der Waals surface area contributed by atoms with E-state index in [4.69, 9.17) is 8.22 Å². The molecule has 0 saturated carbocycles. The number of alkyl halides is 3. The van der Waals surface area contributed by atoms with Crippen molar-refractivity contribution < 1.29 is 21.4 Å². The van der Waals surface area contributed by atoms with E-state index in [1.807, 2.05) is 0 Å². The molecule has 0 unspecified atom stereocenters. The van der Waals surface area contributed by atoms with E-state index in [9.17, 15) is 13.2 Å². The van der Waals surface area contributed by atoms with Gasteiger partial charge < -0.3 is 0 Å². The van der Waals surface area contributed by atoms with Gasteiger partial charge in [0.05, 0.1) is 25.6 Å². The van der Waals surface area contributed by atoms with Crippen LogP contribution in [0.2, 0.25) is 0 Å². The molecule has 0 aliphatic rings. The van der Waals surface area contributed by atoms with Crippen LogP contribution in [0.3, 0.4) is 0 Å². The van der Waals surface area contributed by atoms with Crippen LogP contribution in [0, 0.1) is 0 Å². The molecule has 0 fully saturated rings. The summed E-state index contributed by atoms with van der Waals surface area (Å²) in [4.78, 5) is 0. The first-order chi connectivity index (χ1) is 9.55. The number of halogens is 3. The van der Waals surface area contributed by atoms with Crippen LogP contribution in [0.25, 0.3) is 5.69 Å². The quantitative estimate of drug-likeness (QED) is 0.719. The second-order valence-electron chi connectivity index (χ2n) is 2.56. The predicted molar refractivity (Wildman–Crippen MR) is 48.6 cm³/mol. The third-order valence-corrected chi connectivity index (χ3v) is 1.53. The highest BCUT2D eigenvalue weighted by molar-refractivity contribution is 5.31. The third-order valence-electron chi connectivity index (χ3n) is 1.53. The van der Waals surface area contributed by atoms with Crippen molar-refractivity contribution in [2.75, 3.05) is 0 Å². The van der Waals surface area contributed by atoms with Gasteiger partial charge in [-0.05, 0) is 12.1 Å². The average molecular weight is 218 g/mol. The minimum atomic E-state index is -4.95. The van der Waals surface area contributed by atoms with E-state index in [0.29, 0.717) is 4.68 Å². The topological polar surface area (TPSA) is 17.8 Å². The molecule has 0 N–H and O–H groups in total. The monoisotopic (exact) mass is 218 g/mol. The molecule has 78 valence electrons. The molecule has 0 bridgehead atoms. The Morgan fingerprint density at radius 3 is 2.73 bits per heavy atom. The first-order valence-corrected chi connectivity index (χ1v) is 3.77. The lowest BCUT2D eigenvalue weighted by Gasteiger charge is -2.01. The molecule has 2 nitrogen and oxygen atoms in total. The number of rotatable bonds is 1. The molecule has 0 amide bonds. The second kappa shape index (κ2) is 3.42. The van der Waals surface area contributed by atoms with Crippen molar-refractivity contribution >= 4 is 0 Å². The van der Waals surface area contributed by atoms with Crippen molar-refractivity contribution in [3.63, 3.8) is 0 Å². The first kappa shape index (κ1) is 4.83. The maximum atomic E-state index is 12.7. The van der Waals surface area contributed by atoms with E-state index in [1.165, 1.54) is 0 Å². The number of nitrogens with zero attached hydrogens (tertiary/aromatic N) is 2. The Labute approximate surface area is 92.4 Å². The van der Waals surface area contributed by atoms with E-state index in [2.05, 4.69) is 5.10 Å². The van der Waals surface area contributed by atoms with Crippen LogP contribution < -0.4 is 0 Å². The van der Waals surface area contributed by atoms with E-state index in [-0.39, 0.29) is 0 Å². The van der Waals surface area contributed by atoms with Gasteiger partial charge >= 0.3 is 6.18 Å². The maximum absolute atomic E-state index is 12.7. The fraction of sp³-hybridized carbons (Fsp3) is 0.100. The zero-order valence-corrected chi connectivity index (χ0v) is 7.11. The number of benzene rings is 1. The molecular formula is C10H7F3N2. The van der Waals surface area contributed by atoms with Gasteiger partial charge in [0.15, 0.2) is 0 Å². The molecule has 2 aromatic rings. The number of aromatic nitrogens is 2. The zero-order chi connectivity index (χ0) is 16.1. The fourth-order valence-corrected chi connectivity index (χ4v) is 0.883. The normalized spacial score (nSPS) is 17.3. The Morgan fingerprint density at radius 2 is 2.07 bits per heavy atom. The van der Waals surface area contributed by atoms with Crippen molar-refractivity contribution in [3.05, 3.63) is 48.1 Å². The largest absolute Gasteiger partial charge is 0.419 e. The van der Waals surface area contributed by atoms with Crippen molar-refractivity contribution in [3.8, 4) is 5.69 Å². The van der Waals surface area contributed by atoms with Gasteiger partial charge in [-0.2, -0.15) is 18.3 Å². The summed E-state index contributed by atoms with van der Waals surface area (Å²) in [5.74, 6) is 0. The Bertz CT molecular complexity index is 725. The lowest BCUT2D eigenvalue weighted by atomic mass is 10.3. The van der Waals surface area contributed by atoms with Crippen LogP contribution in [0.5, 0.6) is 0 Å². The van der Waals surface area contributed by atoms with Gasteiger partial charge in [0.1, 0.15) is 0 Å². The standard InChI is InChI=1S/C10H7F3N2/c11-10(12,13)8-6-14-15(7-8)9-4-2-1-3-5-9/h1-7H/i1D,2D,3D,4D,6D,7D. The minimum Gasteiger partial charge on any atom is -0.240 e. The Morgan fingerprint density at radius 1 is 1.27 bits per heavy atom. The lowest BCUT2D eigenvalue weighted by Crippen LogP contribution is -2.02. The highest BCUT2D eigenvalue weighted by Gasteiger charge is 2.32. The Kier molecular flexibility index (Phi) is 1.10. The average Bonchev–Trinajstić information content (AvgIpc) is 2.66. The molecule has 1 aromatic carbocycles. The highest BCUT2D eigenvalue weighted by Crippen LogP contribution is 2.28. The number of hydrogen-bond acceptors (Lipinski definition) is 1. The molecule has 0 aliphatic heterocycles. The van der Waals surface area contributed by atoms with Crippen molar-refractivity contribution in [2.24, 2.45) is 0 Å².